The van der Waals surface area contributed by atoms with E-state index in [-0.39, 0.29) is 0 Å². The molecule has 4 heteroatoms. The van der Waals surface area contributed by atoms with Crippen LogP contribution in [0.25, 0.3) is 10.9 Å². The topological polar surface area (TPSA) is 43.4 Å². The van der Waals surface area contributed by atoms with Crippen molar-refractivity contribution >= 4 is 22.4 Å². The highest BCUT2D eigenvalue weighted by Gasteiger charge is 2.10. The fourth-order valence-electron chi connectivity index (χ4n) is 2.64. The van der Waals surface area contributed by atoms with Gasteiger partial charge in [-0.2, -0.15) is 0 Å². The Morgan fingerprint density at radius 1 is 0.870 bits per heavy atom. The molecule has 1 aromatic heterocycles. The minimum absolute atomic E-state index is 0.688. The number of aromatic nitrogens is 1. The number of fused-ring (bicyclic) bond motifs is 1. The zero-order valence-electron chi connectivity index (χ0n) is 13.8. The number of aryl methyl sites for hydroxylation is 1. The van der Waals surface area contributed by atoms with Gasteiger partial charge in [-0.3, -0.25) is 0 Å². The minimum atomic E-state index is 0.688. The van der Waals surface area contributed by atoms with E-state index in [4.69, 9.17) is 14.5 Å². The number of methoxy groups -OCH3 is 2. The molecule has 0 saturated carbocycles. The summed E-state index contributed by atoms with van der Waals surface area (Å²) < 4.78 is 10.6. The molecule has 118 valence electrons. The second kappa shape index (κ2) is 6.16. The highest BCUT2D eigenvalue weighted by atomic mass is 16.5. The normalized spacial score (nSPS) is 10.6. The van der Waals surface area contributed by atoms with Crippen LogP contribution in [-0.4, -0.2) is 19.2 Å². The van der Waals surface area contributed by atoms with Crippen LogP contribution in [0.4, 0.5) is 11.5 Å². The molecule has 0 aliphatic rings. The molecule has 0 saturated heterocycles. The van der Waals surface area contributed by atoms with Gasteiger partial charge in [-0.05, 0) is 43.2 Å². The molecule has 2 aromatic carbocycles. The van der Waals surface area contributed by atoms with E-state index in [0.717, 1.165) is 22.6 Å². The van der Waals surface area contributed by atoms with Gasteiger partial charge >= 0.3 is 0 Å². The number of anilines is 2. The molecular weight excluding hydrogens is 288 g/mol. The molecule has 3 aromatic rings. The van der Waals surface area contributed by atoms with Crippen LogP contribution in [0.15, 0.2) is 42.5 Å². The third-order valence-corrected chi connectivity index (χ3v) is 4.10. The lowest BCUT2D eigenvalue weighted by Gasteiger charge is -2.15. The summed E-state index contributed by atoms with van der Waals surface area (Å²) in [6, 6.07) is 13.9. The third kappa shape index (κ3) is 2.80. The molecule has 1 N–H and O–H groups in total. The number of nitrogens with zero attached hydrogens (tertiary/aromatic N) is 1. The summed E-state index contributed by atoms with van der Waals surface area (Å²) in [7, 11) is 3.26. The second-order valence-corrected chi connectivity index (χ2v) is 5.42. The molecule has 0 unspecified atom stereocenters. The Bertz CT molecular complexity index is 859. The Labute approximate surface area is 136 Å². The molecule has 0 aliphatic carbocycles. The Kier molecular flexibility index (Phi) is 4.06. The monoisotopic (exact) mass is 308 g/mol. The molecule has 0 amide bonds. The summed E-state index contributed by atoms with van der Waals surface area (Å²) in [6.07, 6.45) is 0. The van der Waals surface area contributed by atoms with E-state index in [1.807, 2.05) is 36.4 Å². The molecule has 0 aliphatic heterocycles. The highest BCUT2D eigenvalue weighted by Crippen LogP contribution is 2.32. The maximum atomic E-state index is 5.35. The number of benzene rings is 2. The Hall–Kier alpha value is -2.75. The largest absolute Gasteiger partial charge is 0.493 e. The van der Waals surface area contributed by atoms with Crippen LogP contribution in [-0.2, 0) is 0 Å². The van der Waals surface area contributed by atoms with Crippen molar-refractivity contribution in [1.82, 2.24) is 4.98 Å². The van der Waals surface area contributed by atoms with Crippen molar-refractivity contribution in [2.45, 2.75) is 13.8 Å². The number of rotatable bonds is 4. The van der Waals surface area contributed by atoms with E-state index >= 15 is 0 Å². The van der Waals surface area contributed by atoms with Crippen LogP contribution in [0.2, 0.25) is 0 Å². The minimum Gasteiger partial charge on any atom is -0.493 e. The Balaban J connectivity index is 2.03. The first-order chi connectivity index (χ1) is 11.1. The SMILES string of the molecule is COc1ccc(Nc2nc3ccccc3c(C)c2C)cc1OC. The van der Waals surface area contributed by atoms with Crippen molar-refractivity contribution in [2.75, 3.05) is 19.5 Å². The van der Waals surface area contributed by atoms with Crippen LogP contribution in [0.3, 0.4) is 0 Å². The van der Waals surface area contributed by atoms with Crippen molar-refractivity contribution in [3.05, 3.63) is 53.6 Å². The first-order valence-corrected chi connectivity index (χ1v) is 7.49. The maximum Gasteiger partial charge on any atom is 0.162 e. The van der Waals surface area contributed by atoms with Crippen molar-refractivity contribution in [1.29, 1.82) is 0 Å². The number of pyridine rings is 1. The first-order valence-electron chi connectivity index (χ1n) is 7.49. The summed E-state index contributed by atoms with van der Waals surface area (Å²) in [6.45, 7) is 4.21. The fourth-order valence-corrected chi connectivity index (χ4v) is 2.64. The maximum absolute atomic E-state index is 5.35. The van der Waals surface area contributed by atoms with Gasteiger partial charge < -0.3 is 14.8 Å². The van der Waals surface area contributed by atoms with E-state index in [1.165, 1.54) is 10.9 Å². The summed E-state index contributed by atoms with van der Waals surface area (Å²) >= 11 is 0. The standard InChI is InChI=1S/C19H20N2O2/c1-12-13(2)19(21-16-8-6-5-7-15(12)16)20-14-9-10-17(22-3)18(11-14)23-4/h5-11H,1-4H3,(H,20,21). The lowest BCUT2D eigenvalue weighted by atomic mass is 10.0. The van der Waals surface area contributed by atoms with E-state index in [9.17, 15) is 0 Å². The van der Waals surface area contributed by atoms with E-state index in [0.29, 0.717) is 11.5 Å². The van der Waals surface area contributed by atoms with Gasteiger partial charge in [-0.15, -0.1) is 0 Å². The first kappa shape index (κ1) is 15.2. The molecule has 3 rings (SSSR count). The van der Waals surface area contributed by atoms with Gasteiger partial charge in [0.15, 0.2) is 11.5 Å². The molecule has 0 fully saturated rings. The van der Waals surface area contributed by atoms with Crippen LogP contribution in [0.1, 0.15) is 11.1 Å². The number of hydrogen-bond acceptors (Lipinski definition) is 4. The predicted molar refractivity (Wildman–Crippen MR) is 94.0 cm³/mol. The molecule has 1 heterocycles. The van der Waals surface area contributed by atoms with Crippen molar-refractivity contribution < 1.29 is 9.47 Å². The average Bonchev–Trinajstić information content (AvgIpc) is 2.59. The Morgan fingerprint density at radius 2 is 1.61 bits per heavy atom. The highest BCUT2D eigenvalue weighted by molar-refractivity contribution is 5.86. The molecule has 0 bridgehead atoms. The average molecular weight is 308 g/mol. The summed E-state index contributed by atoms with van der Waals surface area (Å²) in [5.74, 6) is 2.25. The molecular formula is C19H20N2O2. The number of nitrogens with one attached hydrogen (secondary N) is 1. The molecule has 0 radical (unpaired) electrons. The Morgan fingerprint density at radius 3 is 2.35 bits per heavy atom. The van der Waals surface area contributed by atoms with Crippen LogP contribution in [0, 0.1) is 13.8 Å². The molecule has 4 nitrogen and oxygen atoms in total. The van der Waals surface area contributed by atoms with Crippen molar-refractivity contribution in [3.63, 3.8) is 0 Å². The van der Waals surface area contributed by atoms with Gasteiger partial charge in [0.1, 0.15) is 5.82 Å². The van der Waals surface area contributed by atoms with Gasteiger partial charge in [0.05, 0.1) is 19.7 Å². The lowest BCUT2D eigenvalue weighted by Crippen LogP contribution is -2.00. The number of para-hydroxylation sites is 1. The van der Waals surface area contributed by atoms with Crippen LogP contribution in [0.5, 0.6) is 11.5 Å². The quantitative estimate of drug-likeness (QED) is 0.764. The zero-order valence-corrected chi connectivity index (χ0v) is 13.8. The summed E-state index contributed by atoms with van der Waals surface area (Å²) in [5, 5.41) is 4.57. The molecule has 0 atom stereocenters. The van der Waals surface area contributed by atoms with Gasteiger partial charge in [0.25, 0.3) is 0 Å². The smallest absolute Gasteiger partial charge is 0.162 e. The van der Waals surface area contributed by atoms with Gasteiger partial charge in [-0.1, -0.05) is 18.2 Å². The van der Waals surface area contributed by atoms with Crippen molar-refractivity contribution in [3.8, 4) is 11.5 Å². The van der Waals surface area contributed by atoms with Gasteiger partial charge in [0.2, 0.25) is 0 Å². The predicted octanol–water partition coefficient (Wildman–Crippen LogP) is 4.61. The fraction of sp³-hybridized carbons (Fsp3) is 0.211. The summed E-state index contributed by atoms with van der Waals surface area (Å²) in [4.78, 5) is 4.75. The molecule has 23 heavy (non-hydrogen) atoms. The second-order valence-electron chi connectivity index (χ2n) is 5.42. The zero-order chi connectivity index (χ0) is 16.4. The van der Waals surface area contributed by atoms with Crippen molar-refractivity contribution in [2.24, 2.45) is 0 Å². The van der Waals surface area contributed by atoms with Gasteiger partial charge in [-0.25, -0.2) is 4.98 Å². The number of ether oxygens (including phenoxy) is 2. The third-order valence-electron chi connectivity index (χ3n) is 4.10. The number of hydrogen-bond donors (Lipinski definition) is 1. The van der Waals surface area contributed by atoms with Crippen LogP contribution < -0.4 is 14.8 Å². The van der Waals surface area contributed by atoms with Gasteiger partial charge in [0, 0.05) is 17.1 Å². The van der Waals surface area contributed by atoms with E-state index < -0.39 is 0 Å². The van der Waals surface area contributed by atoms with Crippen LogP contribution >= 0.6 is 0 Å². The molecule has 0 spiro atoms. The summed E-state index contributed by atoms with van der Waals surface area (Å²) in [5.41, 5.74) is 4.27. The van der Waals surface area contributed by atoms with E-state index in [2.05, 4.69) is 25.2 Å². The van der Waals surface area contributed by atoms with E-state index in [1.54, 1.807) is 14.2 Å². The lowest BCUT2D eigenvalue weighted by molar-refractivity contribution is 0.355.